The average molecular weight is 461 g/mol. The van der Waals surface area contributed by atoms with Crippen molar-refractivity contribution in [2.24, 2.45) is 10.7 Å². The first-order chi connectivity index (χ1) is 14.6. The number of ether oxygens (including phenoxy) is 1. The molecule has 32 heavy (non-hydrogen) atoms. The molecule has 1 aromatic carbocycles. The normalized spacial score (nSPS) is 22.0. The first-order valence-corrected chi connectivity index (χ1v) is 9.01. The van der Waals surface area contributed by atoms with Crippen molar-refractivity contribution in [2.75, 3.05) is 5.32 Å². The zero-order valence-corrected chi connectivity index (χ0v) is 16.9. The van der Waals surface area contributed by atoms with Crippen LogP contribution in [0.15, 0.2) is 35.6 Å². The second kappa shape index (κ2) is 7.35. The van der Waals surface area contributed by atoms with E-state index in [2.05, 4.69) is 20.3 Å². The van der Waals surface area contributed by atoms with Crippen molar-refractivity contribution in [1.82, 2.24) is 9.97 Å². The number of carbonyl (C=O) groups excluding carboxylic acids is 1. The lowest BCUT2D eigenvalue weighted by Gasteiger charge is -2.46. The Hall–Kier alpha value is -3.38. The summed E-state index contributed by atoms with van der Waals surface area (Å²) < 4.78 is 87.8. The van der Waals surface area contributed by atoms with Gasteiger partial charge in [0.2, 0.25) is 5.82 Å². The van der Waals surface area contributed by atoms with Gasteiger partial charge in [-0.3, -0.25) is 4.79 Å². The van der Waals surface area contributed by atoms with Crippen LogP contribution in [0.4, 0.5) is 32.0 Å². The average Bonchev–Trinajstić information content (AvgIpc) is 2.67. The number of aromatic nitrogens is 2. The molecule has 0 radical (unpaired) electrons. The molecule has 7 nitrogen and oxygen atoms in total. The van der Waals surface area contributed by atoms with Gasteiger partial charge < -0.3 is 15.8 Å². The van der Waals surface area contributed by atoms with Crippen LogP contribution in [0.5, 0.6) is 0 Å². The summed E-state index contributed by atoms with van der Waals surface area (Å²) in [4.78, 5) is 22.6. The highest BCUT2D eigenvalue weighted by molar-refractivity contribution is 6.01. The number of hydrogen-bond acceptors (Lipinski definition) is 6. The van der Waals surface area contributed by atoms with Crippen molar-refractivity contribution in [3.05, 3.63) is 53.4 Å². The molecule has 0 spiro atoms. The highest BCUT2D eigenvalue weighted by Gasteiger charge is 2.66. The van der Waals surface area contributed by atoms with Crippen molar-refractivity contribution in [2.45, 2.75) is 44.0 Å². The summed E-state index contributed by atoms with van der Waals surface area (Å²) in [5.41, 5.74) is -0.985. The molecule has 0 aliphatic carbocycles. The summed E-state index contributed by atoms with van der Waals surface area (Å²) in [7, 11) is 0. The van der Waals surface area contributed by atoms with E-state index in [-0.39, 0.29) is 5.69 Å². The summed E-state index contributed by atoms with van der Waals surface area (Å²) in [6.07, 6.45) is -3.86. The molecule has 0 bridgehead atoms. The lowest BCUT2D eigenvalue weighted by molar-refractivity contribution is -0.207. The van der Waals surface area contributed by atoms with Crippen molar-refractivity contribution >= 4 is 17.6 Å². The molecular weight excluding hydrogens is 444 g/mol. The number of nitrogens with two attached hydrogens (primary N) is 1. The fraction of sp³-hybridized carbons (Fsp3) is 0.368. The van der Waals surface area contributed by atoms with Crippen molar-refractivity contribution in [3.8, 4) is 0 Å². The number of rotatable bonds is 3. The van der Waals surface area contributed by atoms with Crippen LogP contribution in [0.3, 0.4) is 0 Å². The highest BCUT2D eigenvalue weighted by Crippen LogP contribution is 2.51. The maximum atomic E-state index is 15.2. The first kappa shape index (κ1) is 23.3. The standard InChI is InChI=1S/C19H17F6N5O2/c1-16(2)19(24,25)17(3,30-15(26)32-16)11-6-10(4-5-12(11)20)29-14(31)13-27-7-9(8-28-13)18(21,22)23/h4-8H,1-3H3,(H2,26,30)(H,29,31)/t17-/m1/s1. The second-order valence-corrected chi connectivity index (χ2v) is 7.65. The van der Waals surface area contributed by atoms with Gasteiger partial charge in [-0.1, -0.05) is 0 Å². The van der Waals surface area contributed by atoms with Gasteiger partial charge >= 0.3 is 12.1 Å². The van der Waals surface area contributed by atoms with Crippen LogP contribution in [-0.4, -0.2) is 33.4 Å². The first-order valence-electron chi connectivity index (χ1n) is 9.01. The van der Waals surface area contributed by atoms with E-state index in [4.69, 9.17) is 10.5 Å². The highest BCUT2D eigenvalue weighted by atomic mass is 19.4. The summed E-state index contributed by atoms with van der Waals surface area (Å²) >= 11 is 0. The molecule has 0 saturated carbocycles. The third-order valence-electron chi connectivity index (χ3n) is 4.99. The van der Waals surface area contributed by atoms with Crippen LogP contribution in [0.2, 0.25) is 0 Å². The van der Waals surface area contributed by atoms with Crippen LogP contribution in [-0.2, 0) is 16.5 Å². The molecule has 0 unspecified atom stereocenters. The van der Waals surface area contributed by atoms with E-state index in [9.17, 15) is 22.4 Å². The number of aliphatic imine (C=N–C) groups is 1. The predicted molar refractivity (Wildman–Crippen MR) is 100 cm³/mol. The molecule has 0 saturated heterocycles. The fourth-order valence-electron chi connectivity index (χ4n) is 3.21. The topological polar surface area (TPSA) is 102 Å². The van der Waals surface area contributed by atoms with Gasteiger partial charge in [-0.2, -0.15) is 22.0 Å². The van der Waals surface area contributed by atoms with Crippen molar-refractivity contribution < 1.29 is 35.9 Å². The Morgan fingerprint density at radius 3 is 2.28 bits per heavy atom. The molecule has 2 heterocycles. The third-order valence-corrected chi connectivity index (χ3v) is 4.99. The van der Waals surface area contributed by atoms with Gasteiger partial charge in [0.05, 0.1) is 5.56 Å². The van der Waals surface area contributed by atoms with E-state index in [0.717, 1.165) is 39.0 Å². The SMILES string of the molecule is CC1(C)OC(N)=N[C@](C)(c2cc(NC(=O)c3ncc(C(F)(F)F)cn3)ccc2F)C1(F)F. The molecule has 3 rings (SSSR count). The second-order valence-electron chi connectivity index (χ2n) is 7.65. The Morgan fingerprint density at radius 1 is 1.12 bits per heavy atom. The van der Waals surface area contributed by atoms with E-state index in [1.165, 1.54) is 0 Å². The molecule has 2 aromatic rings. The van der Waals surface area contributed by atoms with Gasteiger partial charge in [0.1, 0.15) is 5.82 Å². The van der Waals surface area contributed by atoms with Gasteiger partial charge in [0.25, 0.3) is 11.9 Å². The van der Waals surface area contributed by atoms with Crippen molar-refractivity contribution in [3.63, 3.8) is 0 Å². The van der Waals surface area contributed by atoms with E-state index in [0.29, 0.717) is 12.4 Å². The van der Waals surface area contributed by atoms with Crippen molar-refractivity contribution in [1.29, 1.82) is 0 Å². The smallest absolute Gasteiger partial charge is 0.419 e. The van der Waals surface area contributed by atoms with Crippen LogP contribution in [0.1, 0.15) is 42.5 Å². The van der Waals surface area contributed by atoms with Gasteiger partial charge in [-0.25, -0.2) is 19.4 Å². The predicted octanol–water partition coefficient (Wildman–Crippen LogP) is 3.86. The molecular formula is C19H17F6N5O2. The molecule has 1 aliphatic rings. The van der Waals surface area contributed by atoms with E-state index < -0.39 is 57.9 Å². The number of alkyl halides is 5. The summed E-state index contributed by atoms with van der Waals surface area (Å²) in [5.74, 6) is -6.44. The van der Waals surface area contributed by atoms with Crippen LogP contribution in [0, 0.1) is 5.82 Å². The maximum Gasteiger partial charge on any atom is 0.419 e. The number of benzene rings is 1. The number of hydrogen-bond donors (Lipinski definition) is 2. The van der Waals surface area contributed by atoms with E-state index in [1.807, 2.05) is 0 Å². The minimum absolute atomic E-state index is 0.148. The molecule has 3 N–H and O–H groups in total. The summed E-state index contributed by atoms with van der Waals surface area (Å²) in [5, 5.41) is 2.23. The van der Waals surface area contributed by atoms with E-state index in [1.54, 1.807) is 0 Å². The number of nitrogens with one attached hydrogen (secondary N) is 1. The minimum atomic E-state index is -4.69. The molecule has 1 aromatic heterocycles. The Kier molecular flexibility index (Phi) is 5.35. The van der Waals surface area contributed by atoms with Crippen LogP contribution in [0.25, 0.3) is 0 Å². The molecule has 13 heteroatoms. The number of nitrogens with zero attached hydrogens (tertiary/aromatic N) is 3. The Bertz CT molecular complexity index is 1080. The zero-order chi connectivity index (χ0) is 24.1. The fourth-order valence-corrected chi connectivity index (χ4v) is 3.21. The molecule has 1 atom stereocenters. The van der Waals surface area contributed by atoms with Crippen LogP contribution < -0.4 is 11.1 Å². The summed E-state index contributed by atoms with van der Waals surface area (Å²) in [6.45, 7) is 3.10. The minimum Gasteiger partial charge on any atom is -0.453 e. The monoisotopic (exact) mass is 461 g/mol. The van der Waals surface area contributed by atoms with E-state index >= 15 is 8.78 Å². The number of amidine groups is 1. The Morgan fingerprint density at radius 2 is 1.72 bits per heavy atom. The summed E-state index contributed by atoms with van der Waals surface area (Å²) in [6, 6.07) is 2.24. The molecule has 1 aliphatic heterocycles. The van der Waals surface area contributed by atoms with Gasteiger partial charge in [-0.15, -0.1) is 0 Å². The molecule has 1 amide bonds. The number of amides is 1. The Balaban J connectivity index is 1.96. The quantitative estimate of drug-likeness (QED) is 0.676. The number of carbonyl (C=O) groups is 1. The number of halogens is 6. The molecule has 0 fully saturated rings. The van der Waals surface area contributed by atoms with Gasteiger partial charge in [0, 0.05) is 23.6 Å². The third kappa shape index (κ3) is 3.82. The number of anilines is 1. The maximum absolute atomic E-state index is 15.2. The zero-order valence-electron chi connectivity index (χ0n) is 16.9. The largest absolute Gasteiger partial charge is 0.453 e. The molecule has 172 valence electrons. The van der Waals surface area contributed by atoms with Crippen LogP contribution >= 0.6 is 0 Å². The Labute approximate surface area is 177 Å². The van der Waals surface area contributed by atoms with Gasteiger partial charge in [-0.05, 0) is 39.0 Å². The lowest BCUT2D eigenvalue weighted by Crippen LogP contribution is -2.62. The lowest BCUT2D eigenvalue weighted by atomic mass is 9.77. The van der Waals surface area contributed by atoms with Gasteiger partial charge in [0.15, 0.2) is 11.1 Å².